The molecule has 0 atom stereocenters. The minimum absolute atomic E-state index is 0.124. The van der Waals surface area contributed by atoms with Crippen LogP contribution >= 0.6 is 0 Å². The van der Waals surface area contributed by atoms with Gasteiger partial charge >= 0.3 is 0 Å². The molecule has 0 saturated heterocycles. The lowest BCUT2D eigenvalue weighted by molar-refractivity contribution is -0.116. The van der Waals surface area contributed by atoms with E-state index in [-0.39, 0.29) is 17.9 Å². The molecule has 0 saturated carbocycles. The molecule has 0 aliphatic carbocycles. The molecule has 0 aromatic carbocycles. The summed E-state index contributed by atoms with van der Waals surface area (Å²) >= 11 is 0. The van der Waals surface area contributed by atoms with Gasteiger partial charge in [0.05, 0.1) is 6.54 Å². The Hall–Kier alpha value is -1.85. The lowest BCUT2D eigenvalue weighted by Gasteiger charge is -2.28. The maximum absolute atomic E-state index is 11.3. The van der Waals surface area contributed by atoms with Crippen molar-refractivity contribution >= 4 is 17.5 Å². The molecule has 0 radical (unpaired) electrons. The number of aromatic nitrogens is 2. The molecule has 6 heteroatoms. The van der Waals surface area contributed by atoms with E-state index >= 15 is 0 Å². The smallest absolute Gasteiger partial charge is 0.236 e. The van der Waals surface area contributed by atoms with Gasteiger partial charge in [0.1, 0.15) is 17.5 Å². The van der Waals surface area contributed by atoms with Gasteiger partial charge in [-0.25, -0.2) is 9.97 Å². The number of amides is 1. The lowest BCUT2D eigenvalue weighted by atomic mass is 9.95. The standard InChI is InChI=1S/C15H27N5O/c1-9(2)7-20(8-11(16)21)13-10(3)12(17)18-14(19-13)15(4,5)6/h9H,7-8H2,1-6H3,(H2,16,21)(H2,17,18,19). The molecule has 0 spiro atoms. The van der Waals surface area contributed by atoms with Crippen molar-refractivity contribution in [3.05, 3.63) is 11.4 Å². The summed E-state index contributed by atoms with van der Waals surface area (Å²) in [6.45, 7) is 12.9. The van der Waals surface area contributed by atoms with Crippen LogP contribution in [0.3, 0.4) is 0 Å². The molecule has 0 unspecified atom stereocenters. The fourth-order valence-electron chi connectivity index (χ4n) is 2.02. The Bertz CT molecular complexity index is 520. The van der Waals surface area contributed by atoms with Crippen LogP contribution in [-0.2, 0) is 10.2 Å². The Morgan fingerprint density at radius 1 is 1.29 bits per heavy atom. The van der Waals surface area contributed by atoms with Crippen molar-refractivity contribution < 1.29 is 4.79 Å². The van der Waals surface area contributed by atoms with E-state index in [0.29, 0.717) is 29.9 Å². The molecule has 1 amide bonds. The summed E-state index contributed by atoms with van der Waals surface area (Å²) in [5.74, 6) is 1.80. The van der Waals surface area contributed by atoms with Crippen LogP contribution in [0.4, 0.5) is 11.6 Å². The van der Waals surface area contributed by atoms with Gasteiger partial charge in [0, 0.05) is 17.5 Å². The number of primary amides is 1. The molecule has 118 valence electrons. The predicted molar refractivity (Wildman–Crippen MR) is 86.1 cm³/mol. The van der Waals surface area contributed by atoms with Gasteiger partial charge in [0.2, 0.25) is 5.91 Å². The Morgan fingerprint density at radius 3 is 2.29 bits per heavy atom. The van der Waals surface area contributed by atoms with E-state index < -0.39 is 0 Å². The molecule has 0 bridgehead atoms. The van der Waals surface area contributed by atoms with Gasteiger partial charge in [0.15, 0.2) is 0 Å². The average Bonchev–Trinajstić information content (AvgIpc) is 2.28. The monoisotopic (exact) mass is 293 g/mol. The Morgan fingerprint density at radius 2 is 1.86 bits per heavy atom. The highest BCUT2D eigenvalue weighted by Crippen LogP contribution is 2.27. The zero-order valence-electron chi connectivity index (χ0n) is 13.9. The van der Waals surface area contributed by atoms with Gasteiger partial charge < -0.3 is 16.4 Å². The summed E-state index contributed by atoms with van der Waals surface area (Å²) in [6.07, 6.45) is 0. The molecule has 1 aromatic heterocycles. The first kappa shape index (κ1) is 17.2. The largest absolute Gasteiger partial charge is 0.383 e. The van der Waals surface area contributed by atoms with E-state index in [1.807, 2.05) is 32.6 Å². The topological polar surface area (TPSA) is 98.1 Å². The third-order valence-electron chi connectivity index (χ3n) is 3.06. The number of hydrogen-bond donors (Lipinski definition) is 2. The second-order valence-corrected chi connectivity index (χ2v) is 6.87. The summed E-state index contributed by atoms with van der Waals surface area (Å²) in [6, 6.07) is 0. The van der Waals surface area contributed by atoms with Crippen LogP contribution < -0.4 is 16.4 Å². The van der Waals surface area contributed by atoms with Gasteiger partial charge in [-0.1, -0.05) is 34.6 Å². The quantitative estimate of drug-likeness (QED) is 0.859. The van der Waals surface area contributed by atoms with Crippen LogP contribution in [0.15, 0.2) is 0 Å². The Balaban J connectivity index is 3.35. The fraction of sp³-hybridized carbons (Fsp3) is 0.667. The van der Waals surface area contributed by atoms with Crippen LogP contribution in [-0.4, -0.2) is 29.0 Å². The van der Waals surface area contributed by atoms with Gasteiger partial charge in [-0.15, -0.1) is 0 Å². The minimum atomic E-state index is -0.385. The highest BCUT2D eigenvalue weighted by molar-refractivity contribution is 5.79. The molecule has 1 heterocycles. The van der Waals surface area contributed by atoms with E-state index in [1.165, 1.54) is 0 Å². The normalized spacial score (nSPS) is 11.8. The summed E-state index contributed by atoms with van der Waals surface area (Å²) in [7, 11) is 0. The van der Waals surface area contributed by atoms with E-state index in [1.54, 1.807) is 0 Å². The van der Waals surface area contributed by atoms with Crippen molar-refractivity contribution in [2.24, 2.45) is 11.7 Å². The van der Waals surface area contributed by atoms with Crippen molar-refractivity contribution in [3.63, 3.8) is 0 Å². The third-order valence-corrected chi connectivity index (χ3v) is 3.06. The molecule has 21 heavy (non-hydrogen) atoms. The first-order chi connectivity index (χ1) is 9.52. The number of rotatable bonds is 5. The first-order valence-corrected chi connectivity index (χ1v) is 7.20. The lowest BCUT2D eigenvalue weighted by Crippen LogP contribution is -2.38. The van der Waals surface area contributed by atoms with Crippen molar-refractivity contribution in [1.29, 1.82) is 0 Å². The van der Waals surface area contributed by atoms with Crippen molar-refractivity contribution in [2.45, 2.75) is 47.0 Å². The van der Waals surface area contributed by atoms with E-state index in [4.69, 9.17) is 11.5 Å². The number of carbonyl (C=O) groups excluding carboxylic acids is 1. The fourth-order valence-corrected chi connectivity index (χ4v) is 2.02. The van der Waals surface area contributed by atoms with Crippen LogP contribution in [0.2, 0.25) is 0 Å². The van der Waals surface area contributed by atoms with Gasteiger partial charge in [0.25, 0.3) is 0 Å². The van der Waals surface area contributed by atoms with E-state index in [9.17, 15) is 4.79 Å². The highest BCUT2D eigenvalue weighted by atomic mass is 16.1. The first-order valence-electron chi connectivity index (χ1n) is 7.20. The number of hydrogen-bond acceptors (Lipinski definition) is 5. The molecule has 1 rings (SSSR count). The highest BCUT2D eigenvalue weighted by Gasteiger charge is 2.23. The predicted octanol–water partition coefficient (Wildman–Crippen LogP) is 1.61. The van der Waals surface area contributed by atoms with Crippen molar-refractivity contribution in [1.82, 2.24) is 9.97 Å². The zero-order chi connectivity index (χ0) is 16.4. The minimum Gasteiger partial charge on any atom is -0.383 e. The molecule has 6 nitrogen and oxygen atoms in total. The van der Waals surface area contributed by atoms with E-state index in [2.05, 4.69) is 23.8 Å². The number of anilines is 2. The number of carbonyl (C=O) groups is 1. The van der Waals surface area contributed by atoms with Crippen LogP contribution in [0.5, 0.6) is 0 Å². The number of nitrogens with zero attached hydrogens (tertiary/aromatic N) is 3. The van der Waals surface area contributed by atoms with Crippen LogP contribution in [0.1, 0.15) is 46.0 Å². The van der Waals surface area contributed by atoms with Gasteiger partial charge in [-0.05, 0) is 12.8 Å². The Kier molecular flexibility index (Phi) is 5.15. The second kappa shape index (κ2) is 6.28. The summed E-state index contributed by atoms with van der Waals surface area (Å²) in [5, 5.41) is 0. The zero-order valence-corrected chi connectivity index (χ0v) is 13.9. The Labute approximate surface area is 126 Å². The molecule has 4 N–H and O–H groups in total. The molecule has 1 aromatic rings. The summed E-state index contributed by atoms with van der Waals surface area (Å²) in [5.41, 5.74) is 12.0. The van der Waals surface area contributed by atoms with Gasteiger partial charge in [-0.3, -0.25) is 4.79 Å². The second-order valence-electron chi connectivity index (χ2n) is 6.87. The number of nitrogen functional groups attached to an aromatic ring is 1. The summed E-state index contributed by atoms with van der Waals surface area (Å²) < 4.78 is 0. The molecular weight excluding hydrogens is 266 g/mol. The van der Waals surface area contributed by atoms with Crippen LogP contribution in [0, 0.1) is 12.8 Å². The van der Waals surface area contributed by atoms with E-state index in [0.717, 1.165) is 5.56 Å². The molecule has 0 fully saturated rings. The van der Waals surface area contributed by atoms with Crippen LogP contribution in [0.25, 0.3) is 0 Å². The van der Waals surface area contributed by atoms with Crippen molar-refractivity contribution in [2.75, 3.05) is 23.7 Å². The molecule has 0 aliphatic heterocycles. The molecule has 0 aliphatic rings. The molecular formula is C15H27N5O. The van der Waals surface area contributed by atoms with Gasteiger partial charge in [-0.2, -0.15) is 0 Å². The third kappa shape index (κ3) is 4.58. The maximum Gasteiger partial charge on any atom is 0.236 e. The average molecular weight is 293 g/mol. The van der Waals surface area contributed by atoms with Crippen molar-refractivity contribution in [3.8, 4) is 0 Å². The maximum atomic E-state index is 11.3. The number of nitrogens with two attached hydrogens (primary N) is 2. The SMILES string of the molecule is Cc1c(N)nc(C(C)(C)C)nc1N(CC(N)=O)CC(C)C. The summed E-state index contributed by atoms with van der Waals surface area (Å²) in [4.78, 5) is 22.2.